The Morgan fingerprint density at radius 1 is 1.14 bits per heavy atom. The number of benzene rings is 1. The van der Waals surface area contributed by atoms with Crippen molar-refractivity contribution in [1.29, 1.82) is 0 Å². The number of ether oxygens (including phenoxy) is 1. The standard InChI is InChI=1S/C21H23N3O5/c25-19-6-5-17(11-22-19)24(12-14-1-3-16(4-2-14)20(26)27)21(28)29-18-13-23-9-7-15(18)8-10-23/h1-6,11,15,18H,7-10,12-13H2,(H,22,25)(H,26,27)/t18-/m0/s1. The number of carboxylic acids is 1. The van der Waals surface area contributed by atoms with Crippen molar-refractivity contribution in [2.75, 3.05) is 24.5 Å². The zero-order valence-electron chi connectivity index (χ0n) is 15.9. The number of carbonyl (C=O) groups is 2. The van der Waals surface area contributed by atoms with Gasteiger partial charge in [0, 0.05) is 18.8 Å². The van der Waals surface area contributed by atoms with Crippen molar-refractivity contribution in [3.05, 3.63) is 64.1 Å². The molecule has 0 spiro atoms. The van der Waals surface area contributed by atoms with Gasteiger partial charge in [-0.05, 0) is 55.6 Å². The predicted molar refractivity (Wildman–Crippen MR) is 106 cm³/mol. The lowest BCUT2D eigenvalue weighted by Crippen LogP contribution is -2.53. The average molecular weight is 397 g/mol. The minimum atomic E-state index is -1.00. The molecule has 8 nitrogen and oxygen atoms in total. The molecule has 2 N–H and O–H groups in total. The van der Waals surface area contributed by atoms with Crippen LogP contribution in [0.2, 0.25) is 0 Å². The van der Waals surface area contributed by atoms with E-state index in [-0.39, 0.29) is 23.8 Å². The summed E-state index contributed by atoms with van der Waals surface area (Å²) in [4.78, 5) is 41.9. The van der Waals surface area contributed by atoms with Crippen molar-refractivity contribution in [3.8, 4) is 0 Å². The van der Waals surface area contributed by atoms with Crippen LogP contribution in [0.5, 0.6) is 0 Å². The molecule has 0 aliphatic carbocycles. The van der Waals surface area contributed by atoms with Crippen LogP contribution < -0.4 is 10.5 Å². The highest BCUT2D eigenvalue weighted by molar-refractivity contribution is 5.88. The number of fused-ring (bicyclic) bond motifs is 3. The van der Waals surface area contributed by atoms with Crippen molar-refractivity contribution in [3.63, 3.8) is 0 Å². The molecule has 0 saturated carbocycles. The summed E-state index contributed by atoms with van der Waals surface area (Å²) < 4.78 is 5.87. The second kappa shape index (κ2) is 8.08. The first-order valence-electron chi connectivity index (χ1n) is 9.71. The van der Waals surface area contributed by atoms with Crippen LogP contribution in [-0.2, 0) is 11.3 Å². The Hall–Kier alpha value is -3.13. The van der Waals surface area contributed by atoms with Gasteiger partial charge in [-0.3, -0.25) is 14.6 Å². The highest BCUT2D eigenvalue weighted by atomic mass is 16.6. The molecule has 5 rings (SSSR count). The number of aromatic carboxylic acids is 1. The van der Waals surface area contributed by atoms with Gasteiger partial charge in [-0.15, -0.1) is 0 Å². The van der Waals surface area contributed by atoms with E-state index in [9.17, 15) is 14.4 Å². The minimum absolute atomic E-state index is 0.135. The first-order chi connectivity index (χ1) is 14.0. The SMILES string of the molecule is O=C(O)c1ccc(CN(C(=O)O[C@H]2CN3CCC2CC3)c2ccc(=O)[nH]c2)cc1. The molecule has 1 atom stereocenters. The summed E-state index contributed by atoms with van der Waals surface area (Å²) in [5, 5.41) is 9.06. The summed E-state index contributed by atoms with van der Waals surface area (Å²) >= 11 is 0. The number of piperidine rings is 3. The predicted octanol–water partition coefficient (Wildman–Crippen LogP) is 2.31. The number of hydrogen-bond acceptors (Lipinski definition) is 5. The van der Waals surface area contributed by atoms with Gasteiger partial charge in [0.05, 0.1) is 17.8 Å². The Labute approximate surface area is 167 Å². The third-order valence-corrected chi connectivity index (χ3v) is 5.69. The minimum Gasteiger partial charge on any atom is -0.478 e. The summed E-state index contributed by atoms with van der Waals surface area (Å²) in [5.41, 5.74) is 1.19. The first kappa shape index (κ1) is 19.2. The Kier molecular flexibility index (Phi) is 5.35. The number of H-pyrrole nitrogens is 1. The molecule has 3 fully saturated rings. The monoisotopic (exact) mass is 397 g/mol. The van der Waals surface area contributed by atoms with E-state index in [0.29, 0.717) is 11.6 Å². The largest absolute Gasteiger partial charge is 0.478 e. The molecule has 152 valence electrons. The maximum absolute atomic E-state index is 13.1. The Morgan fingerprint density at radius 2 is 1.86 bits per heavy atom. The maximum atomic E-state index is 13.1. The summed E-state index contributed by atoms with van der Waals surface area (Å²) in [6, 6.07) is 9.27. The summed E-state index contributed by atoms with van der Waals surface area (Å²) in [6.07, 6.45) is 2.94. The molecular formula is C21H23N3O5. The molecule has 4 heterocycles. The van der Waals surface area contributed by atoms with Gasteiger partial charge in [-0.25, -0.2) is 9.59 Å². The fourth-order valence-corrected chi connectivity index (χ4v) is 4.00. The molecule has 3 aliphatic rings. The third kappa shape index (κ3) is 4.32. The number of aromatic nitrogens is 1. The number of pyridine rings is 1. The number of nitrogens with zero attached hydrogens (tertiary/aromatic N) is 2. The van der Waals surface area contributed by atoms with Crippen molar-refractivity contribution >= 4 is 17.7 Å². The van der Waals surface area contributed by atoms with Gasteiger partial charge in [0.25, 0.3) is 0 Å². The molecule has 3 aliphatic heterocycles. The number of nitrogens with one attached hydrogen (secondary N) is 1. The highest BCUT2D eigenvalue weighted by Crippen LogP contribution is 2.30. The smallest absolute Gasteiger partial charge is 0.414 e. The van der Waals surface area contributed by atoms with Gasteiger partial charge in [-0.2, -0.15) is 0 Å². The van der Waals surface area contributed by atoms with Gasteiger partial charge in [0.1, 0.15) is 6.10 Å². The molecule has 1 aromatic carbocycles. The normalized spacial score (nSPS) is 22.8. The van der Waals surface area contributed by atoms with Crippen LogP contribution in [0.15, 0.2) is 47.4 Å². The van der Waals surface area contributed by atoms with Gasteiger partial charge in [-0.1, -0.05) is 12.1 Å². The van der Waals surface area contributed by atoms with Crippen LogP contribution in [-0.4, -0.2) is 52.8 Å². The van der Waals surface area contributed by atoms with E-state index >= 15 is 0 Å². The van der Waals surface area contributed by atoms with Crippen LogP contribution in [0.4, 0.5) is 10.5 Å². The number of amides is 1. The fourth-order valence-electron chi connectivity index (χ4n) is 4.00. The maximum Gasteiger partial charge on any atom is 0.414 e. The molecule has 2 bridgehead atoms. The van der Waals surface area contributed by atoms with Gasteiger partial charge in [0.2, 0.25) is 5.56 Å². The Balaban J connectivity index is 1.54. The van der Waals surface area contributed by atoms with E-state index in [0.717, 1.165) is 38.0 Å². The van der Waals surface area contributed by atoms with E-state index in [4.69, 9.17) is 9.84 Å². The van der Waals surface area contributed by atoms with Crippen molar-refractivity contribution < 1.29 is 19.4 Å². The molecule has 0 unspecified atom stereocenters. The van der Waals surface area contributed by atoms with Crippen LogP contribution in [0, 0.1) is 5.92 Å². The number of rotatable bonds is 5. The van der Waals surface area contributed by atoms with E-state index < -0.39 is 12.1 Å². The number of carboxylic acid groups (broad SMARTS) is 1. The Morgan fingerprint density at radius 3 is 2.41 bits per heavy atom. The van der Waals surface area contributed by atoms with E-state index in [2.05, 4.69) is 9.88 Å². The van der Waals surface area contributed by atoms with Gasteiger partial charge in [0.15, 0.2) is 0 Å². The van der Waals surface area contributed by atoms with Gasteiger partial charge >= 0.3 is 12.1 Å². The first-order valence-corrected chi connectivity index (χ1v) is 9.71. The van der Waals surface area contributed by atoms with E-state index in [1.807, 2.05) is 0 Å². The van der Waals surface area contributed by atoms with Crippen LogP contribution >= 0.6 is 0 Å². The molecule has 1 aromatic heterocycles. The molecule has 29 heavy (non-hydrogen) atoms. The molecule has 0 radical (unpaired) electrons. The highest BCUT2D eigenvalue weighted by Gasteiger charge is 2.37. The lowest BCUT2D eigenvalue weighted by atomic mass is 9.86. The second-order valence-electron chi connectivity index (χ2n) is 7.56. The van der Waals surface area contributed by atoms with E-state index in [1.54, 1.807) is 18.2 Å². The molecule has 3 saturated heterocycles. The van der Waals surface area contributed by atoms with Crippen LogP contribution in [0.25, 0.3) is 0 Å². The second-order valence-corrected chi connectivity index (χ2v) is 7.56. The lowest BCUT2D eigenvalue weighted by Gasteiger charge is -2.44. The van der Waals surface area contributed by atoms with Gasteiger partial charge < -0.3 is 14.8 Å². The quantitative estimate of drug-likeness (QED) is 0.803. The molecular weight excluding hydrogens is 374 g/mol. The zero-order valence-corrected chi connectivity index (χ0v) is 15.9. The van der Waals surface area contributed by atoms with Crippen molar-refractivity contribution in [1.82, 2.24) is 9.88 Å². The lowest BCUT2D eigenvalue weighted by molar-refractivity contribution is -0.0311. The number of anilines is 1. The summed E-state index contributed by atoms with van der Waals surface area (Å²) in [6.45, 7) is 3.06. The zero-order chi connectivity index (χ0) is 20.4. The summed E-state index contributed by atoms with van der Waals surface area (Å²) in [5.74, 6) is -0.618. The molecule has 1 amide bonds. The number of hydrogen-bond donors (Lipinski definition) is 2. The Bertz CT molecular complexity index is 927. The molecule has 2 aromatic rings. The van der Waals surface area contributed by atoms with Crippen molar-refractivity contribution in [2.45, 2.75) is 25.5 Å². The van der Waals surface area contributed by atoms with Crippen molar-refractivity contribution in [2.24, 2.45) is 5.92 Å². The van der Waals surface area contributed by atoms with Crippen LogP contribution in [0.1, 0.15) is 28.8 Å². The molecule has 8 heteroatoms. The summed E-state index contributed by atoms with van der Waals surface area (Å²) in [7, 11) is 0. The number of aromatic amines is 1. The number of carbonyl (C=O) groups excluding carboxylic acids is 1. The topological polar surface area (TPSA) is 103 Å². The van der Waals surface area contributed by atoms with E-state index in [1.165, 1.54) is 29.3 Å². The third-order valence-electron chi connectivity index (χ3n) is 5.69. The fraction of sp³-hybridized carbons (Fsp3) is 0.381. The van der Waals surface area contributed by atoms with Crippen LogP contribution in [0.3, 0.4) is 0 Å². The average Bonchev–Trinajstić information content (AvgIpc) is 2.74.